The number of hydrogen-bond donors (Lipinski definition) is 1. The highest BCUT2D eigenvalue weighted by molar-refractivity contribution is 6.28. The van der Waals surface area contributed by atoms with E-state index in [-0.39, 0.29) is 18.2 Å². The maximum absolute atomic E-state index is 10.4. The lowest BCUT2D eigenvalue weighted by atomic mass is 10.3. The Balaban J connectivity index is 1.95. The molecule has 1 aromatic rings. The molecule has 0 radical (unpaired) electrons. The van der Waals surface area contributed by atoms with Crippen LogP contribution in [0.1, 0.15) is 18.5 Å². The Morgan fingerprint density at radius 2 is 2.40 bits per heavy atom. The topological polar surface area (TPSA) is 68.9 Å². The van der Waals surface area contributed by atoms with Crippen molar-refractivity contribution in [1.82, 2.24) is 0 Å². The van der Waals surface area contributed by atoms with Gasteiger partial charge in [-0.15, -0.1) is 0 Å². The predicted octanol–water partition coefficient (Wildman–Crippen LogP) is 1.82. The van der Waals surface area contributed by atoms with E-state index in [1.807, 2.05) is 0 Å². The molecule has 0 aromatic carbocycles. The Labute approximate surface area is 90.5 Å². The van der Waals surface area contributed by atoms with Crippen LogP contribution in [0.5, 0.6) is 0 Å². The lowest BCUT2D eigenvalue weighted by molar-refractivity contribution is -0.140. The summed E-state index contributed by atoms with van der Waals surface area (Å²) in [6, 6.07) is 3.21. The van der Waals surface area contributed by atoms with Gasteiger partial charge in [0.2, 0.25) is 6.29 Å². The van der Waals surface area contributed by atoms with Gasteiger partial charge in [-0.1, -0.05) is 0 Å². The van der Waals surface area contributed by atoms with E-state index >= 15 is 0 Å². The first-order valence-corrected chi connectivity index (χ1v) is 4.77. The molecule has 1 aliphatic heterocycles. The van der Waals surface area contributed by atoms with E-state index < -0.39 is 18.4 Å². The van der Waals surface area contributed by atoms with E-state index in [0.717, 1.165) is 0 Å². The van der Waals surface area contributed by atoms with E-state index in [1.165, 1.54) is 0 Å². The van der Waals surface area contributed by atoms with Gasteiger partial charge in [-0.3, -0.25) is 4.79 Å². The van der Waals surface area contributed by atoms with Crippen molar-refractivity contribution < 1.29 is 23.8 Å². The van der Waals surface area contributed by atoms with Crippen LogP contribution in [0.4, 0.5) is 0 Å². The summed E-state index contributed by atoms with van der Waals surface area (Å²) in [6.07, 6.45) is -1.16. The molecule has 0 spiro atoms. The molecule has 0 aliphatic carbocycles. The molecule has 82 valence electrons. The summed E-state index contributed by atoms with van der Waals surface area (Å²) in [4.78, 5) is 10.4. The van der Waals surface area contributed by atoms with Gasteiger partial charge in [0.25, 0.3) is 0 Å². The Kier molecular flexibility index (Phi) is 2.95. The third kappa shape index (κ3) is 2.50. The summed E-state index contributed by atoms with van der Waals surface area (Å²) >= 11 is 5.59. The van der Waals surface area contributed by atoms with Gasteiger partial charge in [0, 0.05) is 0 Å². The molecular formula is C9H9ClO5. The molecule has 2 rings (SSSR count). The fourth-order valence-corrected chi connectivity index (χ4v) is 1.51. The van der Waals surface area contributed by atoms with Gasteiger partial charge >= 0.3 is 5.97 Å². The fourth-order valence-electron chi connectivity index (χ4n) is 1.35. The summed E-state index contributed by atoms with van der Waals surface area (Å²) in [5, 5.41) is 8.80. The first kappa shape index (κ1) is 10.5. The highest BCUT2D eigenvalue weighted by Gasteiger charge is 2.30. The molecule has 1 aromatic heterocycles. The summed E-state index contributed by atoms with van der Waals surface area (Å²) < 4.78 is 15.6. The third-order valence-corrected chi connectivity index (χ3v) is 2.18. The largest absolute Gasteiger partial charge is 0.481 e. The second kappa shape index (κ2) is 4.22. The number of carboxylic acids is 1. The first-order chi connectivity index (χ1) is 7.15. The summed E-state index contributed by atoms with van der Waals surface area (Å²) in [5.41, 5.74) is 0. The Morgan fingerprint density at radius 1 is 1.60 bits per heavy atom. The van der Waals surface area contributed by atoms with E-state index in [1.54, 1.807) is 12.1 Å². The third-order valence-electron chi connectivity index (χ3n) is 1.98. The first-order valence-electron chi connectivity index (χ1n) is 4.39. The highest BCUT2D eigenvalue weighted by Crippen LogP contribution is 2.30. The molecule has 0 amide bonds. The zero-order chi connectivity index (χ0) is 10.8. The molecule has 2 unspecified atom stereocenters. The Bertz CT molecular complexity index is 361. The van der Waals surface area contributed by atoms with E-state index in [2.05, 4.69) is 0 Å². The maximum Gasteiger partial charge on any atom is 0.306 e. The van der Waals surface area contributed by atoms with Crippen molar-refractivity contribution in [3.8, 4) is 0 Å². The number of furan rings is 1. The summed E-state index contributed by atoms with van der Waals surface area (Å²) in [5.74, 6) is -0.463. The van der Waals surface area contributed by atoms with Gasteiger partial charge in [-0.2, -0.15) is 0 Å². The monoisotopic (exact) mass is 232 g/mol. The molecule has 5 nitrogen and oxygen atoms in total. The average molecular weight is 233 g/mol. The van der Waals surface area contributed by atoms with E-state index in [4.69, 9.17) is 30.6 Å². The quantitative estimate of drug-likeness (QED) is 0.861. The summed E-state index contributed by atoms with van der Waals surface area (Å²) in [6.45, 7) is 0.245. The van der Waals surface area contributed by atoms with Crippen molar-refractivity contribution >= 4 is 17.6 Å². The van der Waals surface area contributed by atoms with Crippen LogP contribution in [-0.2, 0) is 14.3 Å². The highest BCUT2D eigenvalue weighted by atomic mass is 35.5. The standard InChI is InChI=1S/C9H9ClO5/c10-7-2-1-6(15-7)9-13-4-5(14-9)3-8(11)12/h1-2,5,9H,3-4H2,(H,11,12). The van der Waals surface area contributed by atoms with Gasteiger partial charge in [0.05, 0.1) is 19.1 Å². The van der Waals surface area contributed by atoms with Gasteiger partial charge in [0.1, 0.15) is 0 Å². The number of rotatable bonds is 3. The lowest BCUT2D eigenvalue weighted by Gasteiger charge is -2.06. The van der Waals surface area contributed by atoms with Crippen LogP contribution in [0.25, 0.3) is 0 Å². The fraction of sp³-hybridized carbons (Fsp3) is 0.444. The van der Waals surface area contributed by atoms with Crippen LogP contribution in [0.3, 0.4) is 0 Å². The van der Waals surface area contributed by atoms with Crippen LogP contribution < -0.4 is 0 Å². The van der Waals surface area contributed by atoms with Crippen molar-refractivity contribution in [3.63, 3.8) is 0 Å². The lowest BCUT2D eigenvalue weighted by Crippen LogP contribution is -2.15. The van der Waals surface area contributed by atoms with Crippen molar-refractivity contribution in [2.24, 2.45) is 0 Å². The van der Waals surface area contributed by atoms with Gasteiger partial charge < -0.3 is 19.0 Å². The SMILES string of the molecule is O=C(O)CC1COC(c2ccc(Cl)o2)O1. The minimum Gasteiger partial charge on any atom is -0.481 e. The minimum absolute atomic E-state index is 0.0784. The van der Waals surface area contributed by atoms with Crippen molar-refractivity contribution in [1.29, 1.82) is 0 Å². The number of ether oxygens (including phenoxy) is 2. The molecule has 1 N–H and O–H groups in total. The van der Waals surface area contributed by atoms with E-state index in [0.29, 0.717) is 5.76 Å². The van der Waals surface area contributed by atoms with Gasteiger partial charge in [0.15, 0.2) is 11.0 Å². The molecule has 1 saturated heterocycles. The number of carbonyl (C=O) groups is 1. The Morgan fingerprint density at radius 3 is 3.00 bits per heavy atom. The van der Waals surface area contributed by atoms with Crippen LogP contribution in [-0.4, -0.2) is 23.8 Å². The Hall–Kier alpha value is -1.04. The average Bonchev–Trinajstić information content (AvgIpc) is 2.72. The number of carboxylic acid groups (broad SMARTS) is 1. The molecular weight excluding hydrogens is 224 g/mol. The minimum atomic E-state index is -0.915. The zero-order valence-corrected chi connectivity index (χ0v) is 8.44. The molecule has 2 atom stereocenters. The molecule has 1 fully saturated rings. The number of hydrogen-bond acceptors (Lipinski definition) is 4. The molecule has 15 heavy (non-hydrogen) atoms. The molecule has 6 heteroatoms. The number of halogens is 1. The summed E-state index contributed by atoms with van der Waals surface area (Å²) in [7, 11) is 0. The number of aliphatic carboxylic acids is 1. The second-order valence-electron chi connectivity index (χ2n) is 3.16. The van der Waals surface area contributed by atoms with Gasteiger partial charge in [-0.05, 0) is 23.7 Å². The van der Waals surface area contributed by atoms with Crippen LogP contribution in [0.15, 0.2) is 16.5 Å². The van der Waals surface area contributed by atoms with Crippen molar-refractivity contribution in [3.05, 3.63) is 23.1 Å². The maximum atomic E-state index is 10.4. The van der Waals surface area contributed by atoms with Crippen LogP contribution in [0.2, 0.25) is 5.22 Å². The van der Waals surface area contributed by atoms with Gasteiger partial charge in [-0.25, -0.2) is 0 Å². The molecule has 2 heterocycles. The molecule has 0 saturated carbocycles. The zero-order valence-electron chi connectivity index (χ0n) is 7.68. The molecule has 0 bridgehead atoms. The van der Waals surface area contributed by atoms with E-state index in [9.17, 15) is 4.79 Å². The van der Waals surface area contributed by atoms with Crippen LogP contribution >= 0.6 is 11.6 Å². The second-order valence-corrected chi connectivity index (χ2v) is 3.54. The smallest absolute Gasteiger partial charge is 0.306 e. The molecule has 1 aliphatic rings. The normalized spacial score (nSPS) is 25.7. The predicted molar refractivity (Wildman–Crippen MR) is 49.5 cm³/mol. The van der Waals surface area contributed by atoms with Crippen molar-refractivity contribution in [2.45, 2.75) is 18.8 Å². The van der Waals surface area contributed by atoms with Crippen LogP contribution in [0, 0.1) is 0 Å². The van der Waals surface area contributed by atoms with Crippen molar-refractivity contribution in [2.75, 3.05) is 6.61 Å².